The number of nitrogens with zero attached hydrogens (tertiary/aromatic N) is 2. The topological polar surface area (TPSA) is 119 Å². The summed E-state index contributed by atoms with van der Waals surface area (Å²) in [5, 5.41) is 13.9. The number of rotatable bonds is 8. The summed E-state index contributed by atoms with van der Waals surface area (Å²) in [6.45, 7) is -0.530. The van der Waals surface area contributed by atoms with Gasteiger partial charge in [0.05, 0.1) is 22.7 Å². The van der Waals surface area contributed by atoms with Crippen LogP contribution in [0.5, 0.6) is 5.75 Å². The van der Waals surface area contributed by atoms with Crippen LogP contribution in [0.25, 0.3) is 0 Å². The normalized spacial score (nSPS) is 14.6. The van der Waals surface area contributed by atoms with Crippen molar-refractivity contribution in [3.63, 3.8) is 0 Å². The molecule has 0 bridgehead atoms. The Balaban J connectivity index is 2.03. The molecule has 0 aliphatic heterocycles. The van der Waals surface area contributed by atoms with E-state index in [9.17, 15) is 23.3 Å². The molecule has 11 heteroatoms. The van der Waals surface area contributed by atoms with E-state index in [1.807, 2.05) is 0 Å². The molecule has 1 aliphatic rings. The molecule has 0 atom stereocenters. The molecule has 1 aliphatic carbocycles. The monoisotopic (exact) mass is 481 g/mol. The van der Waals surface area contributed by atoms with E-state index in [-0.39, 0.29) is 22.5 Å². The zero-order valence-electron chi connectivity index (χ0n) is 17.5. The number of non-ortho nitro benzene ring substituents is 1. The highest BCUT2D eigenvalue weighted by Crippen LogP contribution is 2.35. The number of nitro groups is 1. The molecule has 0 unspecified atom stereocenters. The van der Waals surface area contributed by atoms with Gasteiger partial charge in [-0.2, -0.15) is 0 Å². The number of halogens is 1. The predicted octanol–water partition coefficient (Wildman–Crippen LogP) is 3.90. The summed E-state index contributed by atoms with van der Waals surface area (Å²) in [7, 11) is -3.07. The predicted molar refractivity (Wildman–Crippen MR) is 121 cm³/mol. The number of nitro benzene ring substituents is 1. The lowest BCUT2D eigenvalue weighted by Crippen LogP contribution is -2.45. The molecule has 0 radical (unpaired) electrons. The van der Waals surface area contributed by atoms with Gasteiger partial charge in [-0.15, -0.1) is 0 Å². The van der Waals surface area contributed by atoms with Crippen molar-refractivity contribution in [2.45, 2.75) is 43.0 Å². The molecule has 32 heavy (non-hydrogen) atoms. The van der Waals surface area contributed by atoms with E-state index >= 15 is 0 Å². The van der Waals surface area contributed by atoms with Gasteiger partial charge in [0.25, 0.3) is 15.7 Å². The molecular formula is C21H24ClN3O6S. The number of ether oxygens (including phenoxy) is 1. The largest absolute Gasteiger partial charge is 0.495 e. The summed E-state index contributed by atoms with van der Waals surface area (Å²) < 4.78 is 33.4. The molecule has 1 amide bonds. The van der Waals surface area contributed by atoms with Crippen LogP contribution in [0.1, 0.15) is 32.1 Å². The molecular weight excluding hydrogens is 458 g/mol. The van der Waals surface area contributed by atoms with Crippen LogP contribution in [-0.2, 0) is 14.8 Å². The number of hydrogen-bond acceptors (Lipinski definition) is 6. The maximum Gasteiger partial charge on any atom is 0.270 e. The first-order valence-electron chi connectivity index (χ1n) is 10.1. The molecule has 2 aromatic carbocycles. The van der Waals surface area contributed by atoms with E-state index < -0.39 is 38.0 Å². The summed E-state index contributed by atoms with van der Waals surface area (Å²) in [6, 6.07) is 9.46. The molecule has 0 spiro atoms. The van der Waals surface area contributed by atoms with Crippen molar-refractivity contribution in [1.82, 2.24) is 5.32 Å². The average molecular weight is 482 g/mol. The Kier molecular flexibility index (Phi) is 7.57. The van der Waals surface area contributed by atoms with Crippen molar-refractivity contribution in [2.24, 2.45) is 0 Å². The third-order valence-electron chi connectivity index (χ3n) is 5.31. The van der Waals surface area contributed by atoms with Crippen LogP contribution >= 0.6 is 11.6 Å². The fraction of sp³-hybridized carbons (Fsp3) is 0.381. The molecule has 1 saturated carbocycles. The zero-order valence-corrected chi connectivity index (χ0v) is 19.1. The van der Waals surface area contributed by atoms with Gasteiger partial charge < -0.3 is 10.1 Å². The van der Waals surface area contributed by atoms with Gasteiger partial charge in [0, 0.05) is 18.2 Å². The molecule has 172 valence electrons. The van der Waals surface area contributed by atoms with Crippen LogP contribution < -0.4 is 14.4 Å². The first-order valence-corrected chi connectivity index (χ1v) is 11.9. The molecule has 0 aromatic heterocycles. The Labute approximate surface area is 191 Å². The summed E-state index contributed by atoms with van der Waals surface area (Å²) >= 11 is 6.12. The van der Waals surface area contributed by atoms with Gasteiger partial charge in [0.2, 0.25) is 5.91 Å². The maximum atomic E-state index is 13.6. The van der Waals surface area contributed by atoms with Crippen molar-refractivity contribution in [1.29, 1.82) is 0 Å². The highest BCUT2D eigenvalue weighted by atomic mass is 35.5. The van der Waals surface area contributed by atoms with Gasteiger partial charge in [-0.05, 0) is 31.0 Å². The Hall–Kier alpha value is -2.85. The number of benzene rings is 2. The number of carbonyl (C=O) groups is 1. The lowest BCUT2D eigenvalue weighted by Gasteiger charge is -2.28. The summed E-state index contributed by atoms with van der Waals surface area (Å²) in [6.07, 6.45) is 4.79. The van der Waals surface area contributed by atoms with Gasteiger partial charge in [-0.25, -0.2) is 8.42 Å². The second kappa shape index (κ2) is 10.2. The molecule has 0 saturated heterocycles. The summed E-state index contributed by atoms with van der Waals surface area (Å²) in [5.41, 5.74) is -0.309. The maximum absolute atomic E-state index is 13.6. The third-order valence-corrected chi connectivity index (χ3v) is 7.55. The van der Waals surface area contributed by atoms with E-state index in [0.717, 1.165) is 54.6 Å². The second-order valence-electron chi connectivity index (χ2n) is 7.46. The van der Waals surface area contributed by atoms with Crippen molar-refractivity contribution < 1.29 is 22.9 Å². The Morgan fingerprint density at radius 2 is 1.91 bits per heavy atom. The van der Waals surface area contributed by atoms with Crippen LogP contribution in [0.3, 0.4) is 0 Å². The van der Waals surface area contributed by atoms with Gasteiger partial charge >= 0.3 is 0 Å². The zero-order chi connectivity index (χ0) is 23.3. The van der Waals surface area contributed by atoms with Crippen molar-refractivity contribution >= 4 is 38.9 Å². The molecule has 1 fully saturated rings. The minimum Gasteiger partial charge on any atom is -0.495 e. The third kappa shape index (κ3) is 5.31. The fourth-order valence-corrected chi connectivity index (χ4v) is 5.64. The smallest absolute Gasteiger partial charge is 0.270 e. The van der Waals surface area contributed by atoms with E-state index in [0.29, 0.717) is 0 Å². The summed E-state index contributed by atoms with van der Waals surface area (Å²) in [4.78, 5) is 22.9. The van der Waals surface area contributed by atoms with E-state index in [1.54, 1.807) is 18.2 Å². The highest BCUT2D eigenvalue weighted by molar-refractivity contribution is 7.93. The highest BCUT2D eigenvalue weighted by Gasteiger charge is 2.33. The Bertz CT molecular complexity index is 1100. The van der Waals surface area contributed by atoms with E-state index in [2.05, 4.69) is 5.32 Å². The molecule has 3 rings (SSSR count). The second-order valence-corrected chi connectivity index (χ2v) is 9.70. The van der Waals surface area contributed by atoms with Gasteiger partial charge in [0.1, 0.15) is 17.2 Å². The van der Waals surface area contributed by atoms with Crippen LogP contribution in [-0.4, -0.2) is 38.9 Å². The molecule has 9 nitrogen and oxygen atoms in total. The Morgan fingerprint density at radius 3 is 2.56 bits per heavy atom. The quantitative estimate of drug-likeness (QED) is 0.451. The first-order chi connectivity index (χ1) is 15.2. The SMILES string of the molecule is COc1ccccc1N(CC(=O)NC1CCCCC1)S(=O)(=O)c1cc([N+](=O)[O-])ccc1Cl. The van der Waals surface area contributed by atoms with Crippen molar-refractivity contribution in [3.8, 4) is 5.75 Å². The fourth-order valence-electron chi connectivity index (χ4n) is 3.71. The number of anilines is 1. The molecule has 1 N–H and O–H groups in total. The number of nitrogens with one attached hydrogen (secondary N) is 1. The van der Waals surface area contributed by atoms with Crippen LogP contribution in [0.4, 0.5) is 11.4 Å². The number of methoxy groups -OCH3 is 1. The van der Waals surface area contributed by atoms with Gasteiger partial charge in [0.15, 0.2) is 0 Å². The number of para-hydroxylation sites is 2. The van der Waals surface area contributed by atoms with Crippen LogP contribution in [0.2, 0.25) is 5.02 Å². The van der Waals surface area contributed by atoms with Crippen LogP contribution in [0, 0.1) is 10.1 Å². The number of sulfonamides is 1. The lowest BCUT2D eigenvalue weighted by atomic mass is 9.95. The molecule has 0 heterocycles. The number of hydrogen-bond donors (Lipinski definition) is 1. The average Bonchev–Trinajstić information content (AvgIpc) is 2.78. The van der Waals surface area contributed by atoms with E-state index in [1.165, 1.54) is 13.2 Å². The minimum atomic E-state index is -4.45. The van der Waals surface area contributed by atoms with Gasteiger partial charge in [-0.3, -0.25) is 19.2 Å². The molecule has 2 aromatic rings. The summed E-state index contributed by atoms with van der Waals surface area (Å²) in [5.74, 6) is -0.254. The first kappa shape index (κ1) is 23.8. The van der Waals surface area contributed by atoms with Crippen molar-refractivity contribution in [2.75, 3.05) is 18.0 Å². The standard InChI is InChI=1S/C21H24ClN3O6S/c1-31-19-10-6-5-9-18(19)24(14-21(26)23-15-7-3-2-4-8-15)32(29,30)20-13-16(25(27)28)11-12-17(20)22/h5-6,9-13,15H,2-4,7-8,14H2,1H3,(H,23,26). The minimum absolute atomic E-state index is 0.0140. The van der Waals surface area contributed by atoms with Crippen molar-refractivity contribution in [3.05, 3.63) is 57.6 Å². The van der Waals surface area contributed by atoms with Crippen LogP contribution in [0.15, 0.2) is 47.4 Å². The van der Waals surface area contributed by atoms with Gasteiger partial charge in [-0.1, -0.05) is 43.0 Å². The Morgan fingerprint density at radius 1 is 1.22 bits per heavy atom. The lowest BCUT2D eigenvalue weighted by molar-refractivity contribution is -0.385. The number of amides is 1. The number of carbonyl (C=O) groups excluding carboxylic acids is 1. The van der Waals surface area contributed by atoms with E-state index in [4.69, 9.17) is 16.3 Å².